The third-order valence-corrected chi connectivity index (χ3v) is 3.93. The van der Waals surface area contributed by atoms with Gasteiger partial charge in [0.05, 0.1) is 5.52 Å². The standard InChI is InChI=1S/C17H14N6O2/c18-16-12-5-9(1-2-13(12)21-8-22-16)11-6-14(20-7-15(24)25)23-17-10(11)3-4-19-17/h1-6,8H,7H2,(H,24,25)(H2,18,21,22)(H2,19,20,23). The van der Waals surface area contributed by atoms with Crippen molar-refractivity contribution in [1.29, 1.82) is 0 Å². The van der Waals surface area contributed by atoms with Crippen LogP contribution in [0.2, 0.25) is 0 Å². The maximum Gasteiger partial charge on any atom is 0.322 e. The lowest BCUT2D eigenvalue weighted by atomic mass is 10.0. The molecular weight excluding hydrogens is 320 g/mol. The molecule has 0 unspecified atom stereocenters. The van der Waals surface area contributed by atoms with Crippen LogP contribution in [0.5, 0.6) is 0 Å². The summed E-state index contributed by atoms with van der Waals surface area (Å²) in [7, 11) is 0. The first kappa shape index (κ1) is 14.9. The van der Waals surface area contributed by atoms with Crippen molar-refractivity contribution in [1.82, 2.24) is 19.9 Å². The van der Waals surface area contributed by atoms with Crippen molar-refractivity contribution in [3.8, 4) is 11.1 Å². The van der Waals surface area contributed by atoms with Crippen LogP contribution < -0.4 is 11.1 Å². The van der Waals surface area contributed by atoms with Gasteiger partial charge in [0, 0.05) is 17.0 Å². The Labute approximate surface area is 141 Å². The van der Waals surface area contributed by atoms with E-state index in [0.29, 0.717) is 17.3 Å². The van der Waals surface area contributed by atoms with Gasteiger partial charge in [0.1, 0.15) is 30.2 Å². The van der Waals surface area contributed by atoms with E-state index in [1.807, 2.05) is 30.3 Å². The number of aliphatic carboxylic acids is 1. The number of aromatic amines is 1. The quantitative estimate of drug-likeness (QED) is 0.450. The maximum atomic E-state index is 10.8. The van der Waals surface area contributed by atoms with E-state index >= 15 is 0 Å². The molecule has 0 radical (unpaired) electrons. The van der Waals surface area contributed by atoms with Crippen LogP contribution in [0.3, 0.4) is 0 Å². The van der Waals surface area contributed by atoms with E-state index in [4.69, 9.17) is 10.8 Å². The molecule has 25 heavy (non-hydrogen) atoms. The number of H-pyrrole nitrogens is 1. The highest BCUT2D eigenvalue weighted by Crippen LogP contribution is 2.32. The lowest BCUT2D eigenvalue weighted by Crippen LogP contribution is -2.13. The Kier molecular flexibility index (Phi) is 3.42. The summed E-state index contributed by atoms with van der Waals surface area (Å²) >= 11 is 0. The maximum absolute atomic E-state index is 10.8. The van der Waals surface area contributed by atoms with E-state index in [0.717, 1.165) is 27.4 Å². The molecular formula is C17H14N6O2. The number of hydrogen-bond donors (Lipinski definition) is 4. The molecule has 4 rings (SSSR count). The van der Waals surface area contributed by atoms with E-state index in [-0.39, 0.29) is 6.54 Å². The van der Waals surface area contributed by atoms with Gasteiger partial charge in [-0.3, -0.25) is 4.79 Å². The summed E-state index contributed by atoms with van der Waals surface area (Å²) in [5, 5.41) is 13.4. The summed E-state index contributed by atoms with van der Waals surface area (Å²) < 4.78 is 0. The monoisotopic (exact) mass is 334 g/mol. The van der Waals surface area contributed by atoms with Crippen molar-refractivity contribution in [2.24, 2.45) is 0 Å². The second-order valence-corrected chi connectivity index (χ2v) is 5.53. The van der Waals surface area contributed by atoms with Crippen molar-refractivity contribution in [2.75, 3.05) is 17.6 Å². The number of carboxylic acids is 1. The molecule has 8 nitrogen and oxygen atoms in total. The zero-order chi connectivity index (χ0) is 17.4. The zero-order valence-corrected chi connectivity index (χ0v) is 13.0. The Morgan fingerprint density at radius 3 is 2.92 bits per heavy atom. The van der Waals surface area contributed by atoms with Gasteiger partial charge in [0.2, 0.25) is 0 Å². The van der Waals surface area contributed by atoms with Gasteiger partial charge < -0.3 is 21.1 Å². The van der Waals surface area contributed by atoms with E-state index in [9.17, 15) is 4.79 Å². The zero-order valence-electron chi connectivity index (χ0n) is 13.0. The van der Waals surface area contributed by atoms with E-state index in [1.165, 1.54) is 6.33 Å². The second-order valence-electron chi connectivity index (χ2n) is 5.53. The highest BCUT2D eigenvalue weighted by Gasteiger charge is 2.11. The summed E-state index contributed by atoms with van der Waals surface area (Å²) in [6.45, 7) is -0.211. The Morgan fingerprint density at radius 2 is 2.08 bits per heavy atom. The number of carbonyl (C=O) groups is 1. The molecule has 0 aliphatic heterocycles. The molecule has 4 aromatic rings. The number of aromatic nitrogens is 4. The third-order valence-electron chi connectivity index (χ3n) is 3.93. The van der Waals surface area contributed by atoms with E-state index in [2.05, 4.69) is 25.3 Å². The van der Waals surface area contributed by atoms with Crippen molar-refractivity contribution in [2.45, 2.75) is 0 Å². The number of fused-ring (bicyclic) bond motifs is 2. The van der Waals surface area contributed by atoms with Crippen molar-refractivity contribution >= 4 is 39.5 Å². The lowest BCUT2D eigenvalue weighted by molar-refractivity contribution is -0.134. The van der Waals surface area contributed by atoms with Gasteiger partial charge in [-0.1, -0.05) is 6.07 Å². The summed E-state index contributed by atoms with van der Waals surface area (Å²) in [4.78, 5) is 26.5. The number of pyridine rings is 1. The topological polar surface area (TPSA) is 130 Å². The first-order valence-electron chi connectivity index (χ1n) is 7.56. The molecule has 0 bridgehead atoms. The minimum atomic E-state index is -0.953. The molecule has 0 aliphatic carbocycles. The minimum Gasteiger partial charge on any atom is -0.480 e. The fourth-order valence-corrected chi connectivity index (χ4v) is 2.78. The van der Waals surface area contributed by atoms with Gasteiger partial charge in [-0.15, -0.1) is 0 Å². The number of hydrogen-bond acceptors (Lipinski definition) is 6. The number of nitrogens with one attached hydrogen (secondary N) is 2. The van der Waals surface area contributed by atoms with Crippen LogP contribution in [-0.2, 0) is 4.79 Å². The largest absolute Gasteiger partial charge is 0.480 e. The molecule has 5 N–H and O–H groups in total. The Bertz CT molecular complexity index is 1100. The Hall–Kier alpha value is -3.68. The van der Waals surface area contributed by atoms with Crippen molar-refractivity contribution < 1.29 is 9.90 Å². The normalized spacial score (nSPS) is 11.0. The van der Waals surface area contributed by atoms with Gasteiger partial charge >= 0.3 is 5.97 Å². The number of nitrogens with zero attached hydrogens (tertiary/aromatic N) is 3. The van der Waals surface area contributed by atoms with Gasteiger partial charge in [-0.05, 0) is 35.4 Å². The first-order valence-corrected chi connectivity index (χ1v) is 7.56. The third kappa shape index (κ3) is 2.69. The number of anilines is 2. The SMILES string of the molecule is Nc1ncnc2ccc(-c3cc(NCC(=O)O)nc4[nH]ccc34)cc12. The Morgan fingerprint density at radius 1 is 1.20 bits per heavy atom. The van der Waals surface area contributed by atoms with Crippen LogP contribution in [0.4, 0.5) is 11.6 Å². The van der Waals surface area contributed by atoms with Crippen LogP contribution in [0, 0.1) is 0 Å². The summed E-state index contributed by atoms with van der Waals surface area (Å²) in [6, 6.07) is 9.49. The molecule has 124 valence electrons. The van der Waals surface area contributed by atoms with Gasteiger partial charge in [0.25, 0.3) is 0 Å². The van der Waals surface area contributed by atoms with Crippen molar-refractivity contribution in [3.63, 3.8) is 0 Å². The van der Waals surface area contributed by atoms with Crippen LogP contribution >= 0.6 is 0 Å². The van der Waals surface area contributed by atoms with Crippen LogP contribution in [0.25, 0.3) is 33.1 Å². The molecule has 0 fully saturated rings. The number of rotatable bonds is 4. The number of nitrogens with two attached hydrogens (primary N) is 1. The number of benzene rings is 1. The van der Waals surface area contributed by atoms with Crippen LogP contribution in [0.1, 0.15) is 0 Å². The fraction of sp³-hybridized carbons (Fsp3) is 0.0588. The summed E-state index contributed by atoms with van der Waals surface area (Å²) in [5.41, 5.74) is 9.22. The predicted molar refractivity (Wildman–Crippen MR) is 95.2 cm³/mol. The molecule has 0 amide bonds. The molecule has 0 aliphatic rings. The highest BCUT2D eigenvalue weighted by atomic mass is 16.4. The van der Waals surface area contributed by atoms with E-state index in [1.54, 1.807) is 6.20 Å². The van der Waals surface area contributed by atoms with Crippen molar-refractivity contribution in [3.05, 3.63) is 42.9 Å². The first-order chi connectivity index (χ1) is 12.1. The van der Waals surface area contributed by atoms with Gasteiger partial charge in [-0.2, -0.15) is 0 Å². The van der Waals surface area contributed by atoms with E-state index < -0.39 is 5.97 Å². The molecule has 0 saturated heterocycles. The number of nitrogen functional groups attached to an aromatic ring is 1. The predicted octanol–water partition coefficient (Wildman–Crippen LogP) is 2.25. The minimum absolute atomic E-state index is 0.211. The average molecular weight is 334 g/mol. The molecule has 3 heterocycles. The van der Waals surface area contributed by atoms with Gasteiger partial charge in [-0.25, -0.2) is 15.0 Å². The number of carboxylic acid groups (broad SMARTS) is 1. The molecule has 0 saturated carbocycles. The molecule has 3 aromatic heterocycles. The molecule has 0 atom stereocenters. The smallest absolute Gasteiger partial charge is 0.322 e. The summed E-state index contributed by atoms with van der Waals surface area (Å²) in [6.07, 6.45) is 3.22. The highest BCUT2D eigenvalue weighted by molar-refractivity contribution is 5.99. The summed E-state index contributed by atoms with van der Waals surface area (Å²) in [5.74, 6) is -0.0641. The second kappa shape index (κ2) is 5.75. The Balaban J connectivity index is 1.88. The fourth-order valence-electron chi connectivity index (χ4n) is 2.78. The van der Waals surface area contributed by atoms with Crippen LogP contribution in [0.15, 0.2) is 42.9 Å². The molecule has 1 aromatic carbocycles. The van der Waals surface area contributed by atoms with Gasteiger partial charge in [0.15, 0.2) is 0 Å². The van der Waals surface area contributed by atoms with Crippen LogP contribution in [-0.4, -0.2) is 37.6 Å². The lowest BCUT2D eigenvalue weighted by Gasteiger charge is -2.09. The molecule has 0 spiro atoms. The molecule has 8 heteroatoms. The average Bonchev–Trinajstić information content (AvgIpc) is 3.08.